The summed E-state index contributed by atoms with van der Waals surface area (Å²) in [6, 6.07) is 8.26. The minimum atomic E-state index is -3.56. The van der Waals surface area contributed by atoms with Crippen LogP contribution >= 0.6 is 0 Å². The van der Waals surface area contributed by atoms with Gasteiger partial charge in [-0.25, -0.2) is 8.42 Å². The fourth-order valence-corrected chi connectivity index (χ4v) is 2.87. The molecular formula is C13H16N2O4S. The fraction of sp³-hybridized carbons (Fsp3) is 0.385. The number of nitrogens with zero attached hydrogens (tertiary/aromatic N) is 1. The van der Waals surface area contributed by atoms with E-state index in [1.165, 1.54) is 13.2 Å². The lowest BCUT2D eigenvalue weighted by Crippen LogP contribution is -2.33. The lowest BCUT2D eigenvalue weighted by atomic mass is 10.2. The predicted molar refractivity (Wildman–Crippen MR) is 73.5 cm³/mol. The third-order valence-electron chi connectivity index (χ3n) is 2.42. The van der Waals surface area contributed by atoms with Crippen molar-refractivity contribution in [1.29, 1.82) is 5.26 Å². The van der Waals surface area contributed by atoms with Gasteiger partial charge in [-0.1, -0.05) is 12.1 Å². The number of nitriles is 1. The van der Waals surface area contributed by atoms with Gasteiger partial charge in [0.2, 0.25) is 5.91 Å². The predicted octanol–water partition coefficient (Wildman–Crippen LogP) is 0.236. The SMILES string of the molecule is COCCNC(=O)CS(=O)(=O)Cc1cccc(C#N)c1. The maximum atomic E-state index is 11.9. The van der Waals surface area contributed by atoms with Crippen LogP contribution in [0.25, 0.3) is 0 Å². The average Bonchev–Trinajstić information content (AvgIpc) is 2.38. The molecule has 6 nitrogen and oxygen atoms in total. The second kappa shape index (κ2) is 7.62. The van der Waals surface area contributed by atoms with Gasteiger partial charge >= 0.3 is 0 Å². The molecule has 108 valence electrons. The van der Waals surface area contributed by atoms with Gasteiger partial charge in [0.1, 0.15) is 5.75 Å². The molecule has 1 N–H and O–H groups in total. The van der Waals surface area contributed by atoms with Gasteiger partial charge in [0.15, 0.2) is 9.84 Å². The molecule has 0 aliphatic rings. The molecule has 1 aromatic rings. The second-order valence-electron chi connectivity index (χ2n) is 4.19. The summed E-state index contributed by atoms with van der Waals surface area (Å²) in [5, 5.41) is 11.2. The first-order valence-electron chi connectivity index (χ1n) is 5.92. The summed E-state index contributed by atoms with van der Waals surface area (Å²) in [5.74, 6) is -1.40. The third-order valence-corrected chi connectivity index (χ3v) is 3.90. The van der Waals surface area contributed by atoms with Gasteiger partial charge in [0, 0.05) is 13.7 Å². The summed E-state index contributed by atoms with van der Waals surface area (Å²) in [5.41, 5.74) is 0.885. The zero-order valence-corrected chi connectivity index (χ0v) is 11.9. The molecule has 0 aliphatic carbocycles. The molecule has 20 heavy (non-hydrogen) atoms. The van der Waals surface area contributed by atoms with Gasteiger partial charge in [-0.05, 0) is 17.7 Å². The number of hydrogen-bond donors (Lipinski definition) is 1. The Morgan fingerprint density at radius 1 is 1.45 bits per heavy atom. The highest BCUT2D eigenvalue weighted by Crippen LogP contribution is 2.09. The van der Waals surface area contributed by atoms with E-state index in [0.717, 1.165) is 0 Å². The second-order valence-corrected chi connectivity index (χ2v) is 6.25. The summed E-state index contributed by atoms with van der Waals surface area (Å²) in [7, 11) is -2.07. The van der Waals surface area contributed by atoms with E-state index in [4.69, 9.17) is 10.00 Å². The van der Waals surface area contributed by atoms with Crippen molar-refractivity contribution in [3.63, 3.8) is 0 Å². The number of carbonyl (C=O) groups is 1. The molecule has 1 rings (SSSR count). The summed E-state index contributed by atoms with van der Waals surface area (Å²) < 4.78 is 28.5. The smallest absolute Gasteiger partial charge is 0.235 e. The molecule has 0 aliphatic heterocycles. The van der Waals surface area contributed by atoms with Crippen LogP contribution in [0.2, 0.25) is 0 Å². The fourth-order valence-electron chi connectivity index (χ4n) is 1.58. The van der Waals surface area contributed by atoms with Gasteiger partial charge in [-0.3, -0.25) is 4.79 Å². The van der Waals surface area contributed by atoms with Crippen LogP contribution in [0.3, 0.4) is 0 Å². The average molecular weight is 296 g/mol. The van der Waals surface area contributed by atoms with Crippen LogP contribution in [-0.4, -0.2) is 40.3 Å². The lowest BCUT2D eigenvalue weighted by molar-refractivity contribution is -0.118. The van der Waals surface area contributed by atoms with Crippen LogP contribution in [0.15, 0.2) is 24.3 Å². The monoisotopic (exact) mass is 296 g/mol. The van der Waals surface area contributed by atoms with Crippen molar-refractivity contribution in [1.82, 2.24) is 5.32 Å². The van der Waals surface area contributed by atoms with E-state index in [2.05, 4.69) is 5.32 Å². The van der Waals surface area contributed by atoms with Crippen LogP contribution in [-0.2, 0) is 25.1 Å². The normalized spacial score (nSPS) is 10.8. The Morgan fingerprint density at radius 2 is 2.20 bits per heavy atom. The first-order chi connectivity index (χ1) is 9.46. The Morgan fingerprint density at radius 3 is 2.85 bits per heavy atom. The van der Waals surface area contributed by atoms with E-state index in [9.17, 15) is 13.2 Å². The van der Waals surface area contributed by atoms with Gasteiger partial charge in [0.05, 0.1) is 24.0 Å². The van der Waals surface area contributed by atoms with E-state index in [0.29, 0.717) is 17.7 Å². The first kappa shape index (κ1) is 16.1. The van der Waals surface area contributed by atoms with E-state index in [1.54, 1.807) is 18.2 Å². The highest BCUT2D eigenvalue weighted by molar-refractivity contribution is 7.91. The van der Waals surface area contributed by atoms with Gasteiger partial charge in [0.25, 0.3) is 0 Å². The molecule has 0 radical (unpaired) electrons. The number of rotatable bonds is 7. The highest BCUT2D eigenvalue weighted by atomic mass is 32.2. The van der Waals surface area contributed by atoms with E-state index >= 15 is 0 Å². The molecule has 0 saturated carbocycles. The third kappa shape index (κ3) is 5.82. The number of ether oxygens (including phenoxy) is 1. The zero-order chi connectivity index (χ0) is 15.0. The number of amides is 1. The van der Waals surface area contributed by atoms with Crippen molar-refractivity contribution < 1.29 is 17.9 Å². The van der Waals surface area contributed by atoms with Gasteiger partial charge in [-0.15, -0.1) is 0 Å². The molecule has 1 amide bonds. The molecule has 0 saturated heterocycles. The van der Waals surface area contributed by atoms with Crippen molar-refractivity contribution in [2.24, 2.45) is 0 Å². The Kier molecular flexibility index (Phi) is 6.15. The summed E-state index contributed by atoms with van der Waals surface area (Å²) in [4.78, 5) is 11.4. The molecule has 0 aromatic heterocycles. The van der Waals surface area contributed by atoms with Crippen molar-refractivity contribution in [3.8, 4) is 6.07 Å². The van der Waals surface area contributed by atoms with Gasteiger partial charge in [-0.2, -0.15) is 5.26 Å². The molecule has 0 heterocycles. The summed E-state index contributed by atoms with van der Waals surface area (Å²) >= 11 is 0. The van der Waals surface area contributed by atoms with E-state index in [-0.39, 0.29) is 12.3 Å². The molecule has 0 bridgehead atoms. The minimum absolute atomic E-state index is 0.264. The maximum Gasteiger partial charge on any atom is 0.235 e. The lowest BCUT2D eigenvalue weighted by Gasteiger charge is -2.06. The van der Waals surface area contributed by atoms with Crippen LogP contribution in [0.5, 0.6) is 0 Å². The van der Waals surface area contributed by atoms with Crippen molar-refractivity contribution in [3.05, 3.63) is 35.4 Å². The van der Waals surface area contributed by atoms with Gasteiger partial charge < -0.3 is 10.1 Å². The van der Waals surface area contributed by atoms with Crippen molar-refractivity contribution >= 4 is 15.7 Å². The Balaban J connectivity index is 2.61. The topological polar surface area (TPSA) is 96.3 Å². The standard InChI is InChI=1S/C13H16N2O4S/c1-19-6-5-15-13(16)10-20(17,18)9-12-4-2-3-11(7-12)8-14/h2-4,7H,5-6,9-10H2,1H3,(H,15,16). The summed E-state index contributed by atoms with van der Waals surface area (Å²) in [6.07, 6.45) is 0. The number of hydrogen-bond acceptors (Lipinski definition) is 5. The maximum absolute atomic E-state index is 11.9. The van der Waals surface area contributed by atoms with Crippen molar-refractivity contribution in [2.45, 2.75) is 5.75 Å². The Hall–Kier alpha value is -1.91. The van der Waals surface area contributed by atoms with Crippen LogP contribution in [0, 0.1) is 11.3 Å². The quantitative estimate of drug-likeness (QED) is 0.727. The molecule has 0 unspecified atom stereocenters. The molecule has 0 spiro atoms. The first-order valence-corrected chi connectivity index (χ1v) is 7.74. The number of methoxy groups -OCH3 is 1. The summed E-state index contributed by atoms with van der Waals surface area (Å²) in [6.45, 7) is 0.602. The largest absolute Gasteiger partial charge is 0.383 e. The Bertz CT molecular complexity index is 605. The van der Waals surface area contributed by atoms with Crippen LogP contribution in [0.1, 0.15) is 11.1 Å². The molecule has 7 heteroatoms. The molecule has 0 fully saturated rings. The van der Waals surface area contributed by atoms with E-state index in [1.807, 2.05) is 6.07 Å². The number of benzene rings is 1. The van der Waals surface area contributed by atoms with Crippen LogP contribution < -0.4 is 5.32 Å². The van der Waals surface area contributed by atoms with E-state index < -0.39 is 21.5 Å². The molecule has 0 atom stereocenters. The Labute approximate surface area is 118 Å². The molecule has 1 aromatic carbocycles. The highest BCUT2D eigenvalue weighted by Gasteiger charge is 2.17. The zero-order valence-electron chi connectivity index (χ0n) is 11.1. The number of carbonyl (C=O) groups excluding carboxylic acids is 1. The number of sulfone groups is 1. The number of nitrogens with one attached hydrogen (secondary N) is 1. The van der Waals surface area contributed by atoms with Crippen LogP contribution in [0.4, 0.5) is 0 Å². The molecular weight excluding hydrogens is 280 g/mol. The minimum Gasteiger partial charge on any atom is -0.383 e. The van der Waals surface area contributed by atoms with Crippen molar-refractivity contribution in [2.75, 3.05) is 26.0 Å².